The highest BCUT2D eigenvalue weighted by Gasteiger charge is 2.51. The summed E-state index contributed by atoms with van der Waals surface area (Å²) in [5.41, 5.74) is 21.5. The highest BCUT2D eigenvalue weighted by molar-refractivity contribution is 5.98. The van der Waals surface area contributed by atoms with E-state index in [9.17, 15) is 0 Å². The van der Waals surface area contributed by atoms with Crippen molar-refractivity contribution in [1.29, 1.82) is 0 Å². The molecule has 1 unspecified atom stereocenters. The summed E-state index contributed by atoms with van der Waals surface area (Å²) in [4.78, 5) is 4.75. The first kappa shape index (κ1) is 36.6. The molecule has 2 heteroatoms. The summed E-state index contributed by atoms with van der Waals surface area (Å²) in [6.07, 6.45) is 0. The molecule has 0 aliphatic heterocycles. The van der Waals surface area contributed by atoms with Crippen molar-refractivity contribution in [2.24, 2.45) is 0 Å². The summed E-state index contributed by atoms with van der Waals surface area (Å²) in [5.74, 6) is 0. The minimum absolute atomic E-state index is 0.465. The zero-order valence-corrected chi connectivity index (χ0v) is 34.6. The highest BCUT2D eigenvalue weighted by atomic mass is 15.1. The maximum Gasteiger partial charge on any atom is 0.0725 e. The fraction of sp³-hybridized carbons (Fsp3) is 0.0164. The van der Waals surface area contributed by atoms with Crippen LogP contribution in [0, 0.1) is 0 Å². The third kappa shape index (κ3) is 5.87. The molecular weight excluding hydrogens is 761 g/mol. The van der Waals surface area contributed by atoms with Crippen molar-refractivity contribution in [1.82, 2.24) is 0 Å². The van der Waals surface area contributed by atoms with Crippen molar-refractivity contribution in [3.63, 3.8) is 0 Å². The third-order valence-electron chi connectivity index (χ3n) is 13.0. The van der Waals surface area contributed by atoms with Gasteiger partial charge >= 0.3 is 0 Å². The average Bonchev–Trinajstić information content (AvgIpc) is 3.82. The Hall–Kier alpha value is -8.20. The van der Waals surface area contributed by atoms with Crippen molar-refractivity contribution in [2.45, 2.75) is 5.41 Å². The number of nitrogens with zero attached hydrogens (tertiary/aromatic N) is 2. The molecule has 63 heavy (non-hydrogen) atoms. The lowest BCUT2D eigenvalue weighted by Crippen LogP contribution is -2.25. The Kier molecular flexibility index (Phi) is 8.76. The molecule has 0 saturated heterocycles. The van der Waals surface area contributed by atoms with Gasteiger partial charge in [0.05, 0.1) is 11.1 Å². The Morgan fingerprint density at radius 2 is 0.635 bits per heavy atom. The van der Waals surface area contributed by atoms with Crippen molar-refractivity contribution < 1.29 is 0 Å². The average molecular weight is 803 g/mol. The summed E-state index contributed by atoms with van der Waals surface area (Å²) >= 11 is 0. The number of benzene rings is 10. The van der Waals surface area contributed by atoms with E-state index >= 15 is 0 Å². The van der Waals surface area contributed by atoms with Crippen LogP contribution in [-0.2, 0) is 5.41 Å². The van der Waals surface area contributed by atoms with Gasteiger partial charge in [-0.15, -0.1) is 0 Å². The predicted octanol–water partition coefficient (Wildman–Crippen LogP) is 16.3. The van der Waals surface area contributed by atoms with Gasteiger partial charge in [-0.2, -0.15) is 0 Å². The lowest BCUT2D eigenvalue weighted by atomic mass is 9.70. The SMILES string of the molecule is c1ccc(-c2ccccc2N(c2ccccc2)c2ccc3c(c2)-c2ccccc2C32c3ccccc3-c3cc(-c4cccc(N(c5ccccc5)c5ccccc5)c4)ccc32)cc1. The van der Waals surface area contributed by atoms with Gasteiger partial charge < -0.3 is 9.80 Å². The van der Waals surface area contributed by atoms with E-state index in [1.54, 1.807) is 0 Å². The molecule has 0 radical (unpaired) electrons. The van der Waals surface area contributed by atoms with Gasteiger partial charge in [0.25, 0.3) is 0 Å². The van der Waals surface area contributed by atoms with Gasteiger partial charge in [-0.1, -0.05) is 182 Å². The molecule has 0 heterocycles. The van der Waals surface area contributed by atoms with Crippen LogP contribution in [-0.4, -0.2) is 0 Å². The Bertz CT molecular complexity index is 3250. The number of hydrogen-bond donors (Lipinski definition) is 0. The fourth-order valence-electron chi connectivity index (χ4n) is 10.4. The molecule has 2 aliphatic carbocycles. The van der Waals surface area contributed by atoms with Crippen LogP contribution < -0.4 is 9.80 Å². The molecule has 2 aliphatic rings. The van der Waals surface area contributed by atoms with Crippen molar-refractivity contribution in [2.75, 3.05) is 9.80 Å². The van der Waals surface area contributed by atoms with E-state index < -0.39 is 5.41 Å². The Morgan fingerprint density at radius 3 is 1.25 bits per heavy atom. The number of fused-ring (bicyclic) bond motifs is 10. The summed E-state index contributed by atoms with van der Waals surface area (Å²) in [5, 5.41) is 0. The Morgan fingerprint density at radius 1 is 0.222 bits per heavy atom. The smallest absolute Gasteiger partial charge is 0.0725 e. The minimum atomic E-state index is -0.465. The Labute approximate surface area is 369 Å². The summed E-state index contributed by atoms with van der Waals surface area (Å²) in [6.45, 7) is 0. The standard InChI is InChI=1S/C61H42N2/c1-5-20-43(21-6-1)51-30-15-18-35-60(51)63(48-27-11-4-12-28-48)50-37-39-59-55(42-50)53-32-14-17-34-57(53)61(59)56-33-16-13-31-52(56)54-41-45(36-38-58(54)61)44-22-19-29-49(40-44)62(46-23-7-2-8-24-46)47-25-9-3-10-26-47/h1-42H. The molecule has 0 N–H and O–H groups in total. The summed E-state index contributed by atoms with van der Waals surface area (Å²) in [7, 11) is 0. The molecule has 0 aromatic heterocycles. The van der Waals surface area contributed by atoms with E-state index in [1.807, 2.05) is 0 Å². The molecule has 2 nitrogen and oxygen atoms in total. The van der Waals surface area contributed by atoms with Crippen LogP contribution in [0.4, 0.5) is 34.1 Å². The van der Waals surface area contributed by atoms with Gasteiger partial charge in [-0.3, -0.25) is 0 Å². The number of rotatable bonds is 8. The quantitative estimate of drug-likeness (QED) is 0.151. The summed E-state index contributed by atoms with van der Waals surface area (Å²) in [6, 6.07) is 93.0. The normalized spacial score (nSPS) is 14.1. The van der Waals surface area contributed by atoms with Gasteiger partial charge in [-0.05, 0) is 134 Å². The van der Waals surface area contributed by atoms with E-state index in [2.05, 4.69) is 265 Å². The Balaban J connectivity index is 1.02. The van der Waals surface area contributed by atoms with Crippen LogP contribution in [0.25, 0.3) is 44.5 Å². The second-order valence-corrected chi connectivity index (χ2v) is 16.4. The molecule has 0 fully saturated rings. The third-order valence-corrected chi connectivity index (χ3v) is 13.0. The zero-order chi connectivity index (χ0) is 41.7. The molecular formula is C61H42N2. The molecule has 1 spiro atoms. The van der Waals surface area contributed by atoms with Crippen LogP contribution in [0.15, 0.2) is 255 Å². The lowest BCUT2D eigenvalue weighted by molar-refractivity contribution is 0.794. The molecule has 0 saturated carbocycles. The van der Waals surface area contributed by atoms with Crippen LogP contribution >= 0.6 is 0 Å². The fourth-order valence-corrected chi connectivity index (χ4v) is 10.4. The molecule has 1 atom stereocenters. The van der Waals surface area contributed by atoms with E-state index in [0.29, 0.717) is 0 Å². The van der Waals surface area contributed by atoms with E-state index in [1.165, 1.54) is 66.8 Å². The monoisotopic (exact) mass is 802 g/mol. The van der Waals surface area contributed by atoms with Crippen molar-refractivity contribution in [3.05, 3.63) is 277 Å². The largest absolute Gasteiger partial charge is 0.310 e. The minimum Gasteiger partial charge on any atom is -0.310 e. The van der Waals surface area contributed by atoms with Crippen molar-refractivity contribution >= 4 is 34.1 Å². The van der Waals surface area contributed by atoms with Crippen LogP contribution in [0.1, 0.15) is 22.3 Å². The molecule has 12 rings (SSSR count). The summed E-state index contributed by atoms with van der Waals surface area (Å²) < 4.78 is 0. The zero-order valence-electron chi connectivity index (χ0n) is 34.6. The van der Waals surface area contributed by atoms with E-state index in [4.69, 9.17) is 0 Å². The van der Waals surface area contributed by atoms with Crippen LogP contribution in [0.2, 0.25) is 0 Å². The number of para-hydroxylation sites is 4. The van der Waals surface area contributed by atoms with Gasteiger partial charge in [0, 0.05) is 34.0 Å². The predicted molar refractivity (Wildman–Crippen MR) is 263 cm³/mol. The topological polar surface area (TPSA) is 6.48 Å². The maximum absolute atomic E-state index is 2.43. The molecule has 0 bridgehead atoms. The first-order valence-corrected chi connectivity index (χ1v) is 21.8. The number of hydrogen-bond acceptors (Lipinski definition) is 2. The van der Waals surface area contributed by atoms with Gasteiger partial charge in [-0.25, -0.2) is 0 Å². The van der Waals surface area contributed by atoms with E-state index in [-0.39, 0.29) is 0 Å². The first-order valence-electron chi connectivity index (χ1n) is 21.8. The van der Waals surface area contributed by atoms with Crippen LogP contribution in [0.3, 0.4) is 0 Å². The van der Waals surface area contributed by atoms with Gasteiger partial charge in [0.1, 0.15) is 0 Å². The van der Waals surface area contributed by atoms with Gasteiger partial charge in [0.2, 0.25) is 0 Å². The first-order chi connectivity index (χ1) is 31.3. The van der Waals surface area contributed by atoms with Crippen molar-refractivity contribution in [3.8, 4) is 44.5 Å². The molecule has 10 aromatic carbocycles. The molecule has 0 amide bonds. The second kappa shape index (κ2) is 15.1. The maximum atomic E-state index is 2.43. The lowest BCUT2D eigenvalue weighted by Gasteiger charge is -2.31. The highest BCUT2D eigenvalue weighted by Crippen LogP contribution is 2.63. The van der Waals surface area contributed by atoms with Gasteiger partial charge in [0.15, 0.2) is 0 Å². The van der Waals surface area contributed by atoms with Crippen LogP contribution in [0.5, 0.6) is 0 Å². The van der Waals surface area contributed by atoms with E-state index in [0.717, 1.165) is 34.1 Å². The second-order valence-electron chi connectivity index (χ2n) is 16.4. The number of anilines is 6. The molecule has 10 aromatic rings. The molecule has 296 valence electrons.